The van der Waals surface area contributed by atoms with Crippen molar-refractivity contribution in [1.82, 2.24) is 4.90 Å². The Balaban J connectivity index is 2.65. The molecule has 4 nitrogen and oxygen atoms in total. The average molecular weight is 207 g/mol. The highest BCUT2D eigenvalue weighted by atomic mass is 16.5. The van der Waals surface area contributed by atoms with E-state index >= 15 is 0 Å². The Morgan fingerprint density at radius 3 is 2.47 bits per heavy atom. The zero-order valence-corrected chi connectivity index (χ0v) is 9.40. The van der Waals surface area contributed by atoms with Gasteiger partial charge in [0.05, 0.1) is 7.11 Å². The number of hydrogen-bond acceptors (Lipinski definition) is 2. The lowest BCUT2D eigenvalue weighted by molar-refractivity contribution is 0.414. The van der Waals surface area contributed by atoms with Crippen molar-refractivity contribution in [3.63, 3.8) is 0 Å². The second kappa shape index (κ2) is 5.24. The van der Waals surface area contributed by atoms with Crippen LogP contribution in [-0.4, -0.2) is 32.1 Å². The Hall–Kier alpha value is -1.71. The van der Waals surface area contributed by atoms with Crippen LogP contribution in [0.2, 0.25) is 0 Å². The second-order valence-corrected chi connectivity index (χ2v) is 3.29. The van der Waals surface area contributed by atoms with Gasteiger partial charge in [-0.2, -0.15) is 0 Å². The van der Waals surface area contributed by atoms with Gasteiger partial charge in [-0.05, 0) is 17.7 Å². The largest absolute Gasteiger partial charge is 0.497 e. The Kier molecular flexibility index (Phi) is 3.97. The molecule has 0 heterocycles. The van der Waals surface area contributed by atoms with Gasteiger partial charge in [-0.25, -0.2) is 0 Å². The summed E-state index contributed by atoms with van der Waals surface area (Å²) in [5.74, 6) is 1.39. The Bertz CT molecular complexity index is 332. The Morgan fingerprint density at radius 2 is 2.00 bits per heavy atom. The predicted molar refractivity (Wildman–Crippen MR) is 62.0 cm³/mol. The fourth-order valence-corrected chi connectivity index (χ4v) is 1.26. The lowest BCUT2D eigenvalue weighted by Gasteiger charge is -2.17. The van der Waals surface area contributed by atoms with Crippen molar-refractivity contribution in [2.75, 3.05) is 21.2 Å². The number of nitrogens with two attached hydrogens (primary N) is 1. The molecule has 1 aromatic rings. The topological polar surface area (TPSA) is 50.8 Å². The van der Waals surface area contributed by atoms with Gasteiger partial charge in [-0.3, -0.25) is 4.99 Å². The van der Waals surface area contributed by atoms with Gasteiger partial charge in [-0.1, -0.05) is 12.1 Å². The van der Waals surface area contributed by atoms with Gasteiger partial charge in [0.25, 0.3) is 0 Å². The number of methoxy groups -OCH3 is 1. The summed E-state index contributed by atoms with van der Waals surface area (Å²) >= 11 is 0. The number of nitrogens with zero attached hydrogens (tertiary/aromatic N) is 2. The van der Waals surface area contributed by atoms with Crippen LogP contribution in [0.4, 0.5) is 0 Å². The molecule has 0 saturated heterocycles. The molecule has 82 valence electrons. The van der Waals surface area contributed by atoms with Crippen LogP contribution in [0.3, 0.4) is 0 Å². The van der Waals surface area contributed by atoms with Crippen LogP contribution in [0.1, 0.15) is 5.56 Å². The molecule has 0 saturated carbocycles. The molecule has 0 radical (unpaired) electrons. The van der Waals surface area contributed by atoms with Gasteiger partial charge in [-0.15, -0.1) is 0 Å². The van der Waals surface area contributed by atoms with E-state index in [1.165, 1.54) is 5.56 Å². The number of ether oxygens (including phenoxy) is 1. The molecule has 0 spiro atoms. The van der Waals surface area contributed by atoms with Crippen LogP contribution >= 0.6 is 0 Å². The standard InChI is InChI=1S/C11H17N3O/c1-13-11(12)14(2)8-9-4-6-10(15-3)7-5-9/h4-7H,8H2,1-3H3,(H2,12,13). The predicted octanol–water partition coefficient (Wildman–Crippen LogP) is 1.07. The highest BCUT2D eigenvalue weighted by Crippen LogP contribution is 2.12. The van der Waals surface area contributed by atoms with Gasteiger partial charge in [0.15, 0.2) is 5.96 Å². The Morgan fingerprint density at radius 1 is 1.40 bits per heavy atom. The lowest BCUT2D eigenvalue weighted by Crippen LogP contribution is -2.33. The SMILES string of the molecule is CN=C(N)N(C)Cc1ccc(OC)cc1. The van der Waals surface area contributed by atoms with Gasteiger partial charge in [0.2, 0.25) is 0 Å². The first-order valence-corrected chi connectivity index (χ1v) is 4.73. The monoisotopic (exact) mass is 207 g/mol. The van der Waals surface area contributed by atoms with Gasteiger partial charge >= 0.3 is 0 Å². The van der Waals surface area contributed by atoms with Crippen molar-refractivity contribution < 1.29 is 4.74 Å². The van der Waals surface area contributed by atoms with Crippen molar-refractivity contribution in [2.45, 2.75) is 6.54 Å². The number of hydrogen-bond donors (Lipinski definition) is 1. The maximum Gasteiger partial charge on any atom is 0.191 e. The third-order valence-electron chi connectivity index (χ3n) is 2.20. The maximum atomic E-state index is 5.67. The van der Waals surface area contributed by atoms with E-state index in [-0.39, 0.29) is 0 Å². The van der Waals surface area contributed by atoms with Crippen LogP contribution in [0.15, 0.2) is 29.3 Å². The molecule has 15 heavy (non-hydrogen) atoms. The number of rotatable bonds is 3. The highest BCUT2D eigenvalue weighted by molar-refractivity contribution is 5.77. The van der Waals surface area contributed by atoms with E-state index < -0.39 is 0 Å². The molecular weight excluding hydrogens is 190 g/mol. The summed E-state index contributed by atoms with van der Waals surface area (Å²) in [4.78, 5) is 5.80. The quantitative estimate of drug-likeness (QED) is 0.596. The average Bonchev–Trinajstić information content (AvgIpc) is 2.29. The molecule has 4 heteroatoms. The van der Waals surface area contributed by atoms with Crippen molar-refractivity contribution in [3.05, 3.63) is 29.8 Å². The molecule has 2 N–H and O–H groups in total. The van der Waals surface area contributed by atoms with E-state index in [1.54, 1.807) is 14.2 Å². The molecule has 0 amide bonds. The second-order valence-electron chi connectivity index (χ2n) is 3.29. The highest BCUT2D eigenvalue weighted by Gasteiger charge is 2.02. The summed E-state index contributed by atoms with van der Waals surface area (Å²) in [6, 6.07) is 7.89. The van der Waals surface area contributed by atoms with E-state index in [0.717, 1.165) is 12.3 Å². The number of guanidine groups is 1. The Labute approximate surface area is 90.4 Å². The molecular formula is C11H17N3O. The lowest BCUT2D eigenvalue weighted by atomic mass is 10.2. The van der Waals surface area contributed by atoms with Crippen LogP contribution in [-0.2, 0) is 6.54 Å². The zero-order chi connectivity index (χ0) is 11.3. The van der Waals surface area contributed by atoms with E-state index in [1.807, 2.05) is 36.2 Å². The zero-order valence-electron chi connectivity index (χ0n) is 9.40. The molecule has 1 rings (SSSR count). The summed E-state index contributed by atoms with van der Waals surface area (Å²) in [5, 5.41) is 0. The number of aliphatic imine (C=N–C) groups is 1. The molecule has 0 aliphatic heterocycles. The summed E-state index contributed by atoms with van der Waals surface area (Å²) < 4.78 is 5.08. The molecule has 0 aliphatic carbocycles. The van der Waals surface area contributed by atoms with E-state index in [0.29, 0.717) is 5.96 Å². The third-order valence-corrected chi connectivity index (χ3v) is 2.20. The fraction of sp³-hybridized carbons (Fsp3) is 0.364. The first-order valence-electron chi connectivity index (χ1n) is 4.73. The first-order chi connectivity index (χ1) is 7.17. The minimum absolute atomic E-state index is 0.533. The van der Waals surface area contributed by atoms with Crippen LogP contribution < -0.4 is 10.5 Å². The summed E-state index contributed by atoms with van der Waals surface area (Å²) in [6.07, 6.45) is 0. The molecule has 0 unspecified atom stereocenters. The van der Waals surface area contributed by atoms with E-state index in [2.05, 4.69) is 4.99 Å². The summed E-state index contributed by atoms with van der Waals surface area (Å²) in [6.45, 7) is 0.743. The first kappa shape index (κ1) is 11.4. The smallest absolute Gasteiger partial charge is 0.191 e. The summed E-state index contributed by atoms with van der Waals surface area (Å²) in [7, 11) is 5.25. The van der Waals surface area contributed by atoms with Crippen molar-refractivity contribution in [2.24, 2.45) is 10.7 Å². The van der Waals surface area contributed by atoms with Crippen LogP contribution in [0.25, 0.3) is 0 Å². The minimum atomic E-state index is 0.533. The van der Waals surface area contributed by atoms with Gasteiger partial charge in [0.1, 0.15) is 5.75 Å². The molecule has 1 aromatic carbocycles. The maximum absolute atomic E-state index is 5.67. The van der Waals surface area contributed by atoms with Gasteiger partial charge < -0.3 is 15.4 Å². The molecule has 0 fully saturated rings. The normalized spacial score (nSPS) is 11.3. The molecule has 0 aliphatic rings. The van der Waals surface area contributed by atoms with E-state index in [4.69, 9.17) is 10.5 Å². The van der Waals surface area contributed by atoms with E-state index in [9.17, 15) is 0 Å². The fourth-order valence-electron chi connectivity index (χ4n) is 1.26. The number of benzene rings is 1. The van der Waals surface area contributed by atoms with Crippen molar-refractivity contribution in [1.29, 1.82) is 0 Å². The van der Waals surface area contributed by atoms with Crippen molar-refractivity contribution >= 4 is 5.96 Å². The van der Waals surface area contributed by atoms with Gasteiger partial charge in [0, 0.05) is 20.6 Å². The van der Waals surface area contributed by atoms with Crippen LogP contribution in [0, 0.1) is 0 Å². The van der Waals surface area contributed by atoms with Crippen LogP contribution in [0.5, 0.6) is 5.75 Å². The third kappa shape index (κ3) is 3.16. The minimum Gasteiger partial charge on any atom is -0.497 e. The molecule has 0 aromatic heterocycles. The van der Waals surface area contributed by atoms with Crippen molar-refractivity contribution in [3.8, 4) is 5.75 Å². The molecule has 0 bridgehead atoms. The molecule has 0 atom stereocenters. The summed E-state index contributed by atoms with van der Waals surface area (Å²) in [5.41, 5.74) is 6.84.